The van der Waals surface area contributed by atoms with Crippen LogP contribution in [0, 0.1) is 6.92 Å². The summed E-state index contributed by atoms with van der Waals surface area (Å²) in [5.41, 5.74) is 1.22. The molecule has 0 N–H and O–H groups in total. The van der Waals surface area contributed by atoms with Crippen LogP contribution in [0.15, 0.2) is 32.9 Å². The van der Waals surface area contributed by atoms with Gasteiger partial charge in [-0.25, -0.2) is 0 Å². The minimum atomic E-state index is 0.684. The smallest absolute Gasteiger partial charge is 0.175 e. The van der Waals surface area contributed by atoms with Crippen molar-refractivity contribution in [1.82, 2.24) is 10.2 Å². The van der Waals surface area contributed by atoms with Crippen molar-refractivity contribution in [2.75, 3.05) is 18.1 Å². The van der Waals surface area contributed by atoms with Crippen LogP contribution in [0.3, 0.4) is 0 Å². The fourth-order valence-electron chi connectivity index (χ4n) is 1.43. The maximum absolute atomic E-state index is 5.69. The lowest BCUT2D eigenvalue weighted by molar-refractivity contribution is 0.343. The number of benzene rings is 1. The van der Waals surface area contributed by atoms with Crippen LogP contribution in [0.5, 0.6) is 5.75 Å². The fraction of sp³-hybridized carbons (Fsp3) is 0.385. The van der Waals surface area contributed by atoms with Gasteiger partial charge in [0.15, 0.2) is 8.68 Å². The average Bonchev–Trinajstić information content (AvgIpc) is 2.83. The van der Waals surface area contributed by atoms with Crippen molar-refractivity contribution in [3.63, 3.8) is 0 Å². The first kappa shape index (κ1) is 14.7. The molecule has 6 heteroatoms. The van der Waals surface area contributed by atoms with E-state index >= 15 is 0 Å². The van der Waals surface area contributed by atoms with Crippen molar-refractivity contribution in [1.29, 1.82) is 0 Å². The molecule has 1 heterocycles. The number of thioether (sulfide) groups is 2. The second-order valence-corrected chi connectivity index (χ2v) is 7.61. The molecule has 0 bridgehead atoms. The molecule has 0 spiro atoms. The molecule has 0 unspecified atom stereocenters. The summed E-state index contributed by atoms with van der Waals surface area (Å²) >= 11 is 5.09. The van der Waals surface area contributed by atoms with Gasteiger partial charge in [-0.15, -0.1) is 10.2 Å². The van der Waals surface area contributed by atoms with Crippen molar-refractivity contribution in [2.45, 2.75) is 22.5 Å². The number of aromatic nitrogens is 2. The third-order valence-electron chi connectivity index (χ3n) is 2.22. The van der Waals surface area contributed by atoms with Gasteiger partial charge in [0, 0.05) is 5.75 Å². The maximum Gasteiger partial charge on any atom is 0.175 e. The third kappa shape index (κ3) is 5.04. The summed E-state index contributed by atoms with van der Waals surface area (Å²) in [7, 11) is 0. The van der Waals surface area contributed by atoms with E-state index in [4.69, 9.17) is 4.74 Å². The molecular formula is C13H16N2OS3. The summed E-state index contributed by atoms with van der Waals surface area (Å²) in [6.07, 6.45) is 0. The van der Waals surface area contributed by atoms with Crippen molar-refractivity contribution in [3.05, 3.63) is 29.8 Å². The van der Waals surface area contributed by atoms with E-state index in [0.717, 1.165) is 25.9 Å². The lowest BCUT2D eigenvalue weighted by atomic mass is 10.2. The highest BCUT2D eigenvalue weighted by Gasteiger charge is 2.04. The number of rotatable bonds is 7. The molecule has 102 valence electrons. The van der Waals surface area contributed by atoms with E-state index in [1.807, 2.05) is 18.2 Å². The minimum Gasteiger partial charge on any atom is -0.493 e. The Balaban J connectivity index is 1.71. The monoisotopic (exact) mass is 312 g/mol. The Bertz CT molecular complexity index is 516. The van der Waals surface area contributed by atoms with E-state index in [1.165, 1.54) is 5.56 Å². The van der Waals surface area contributed by atoms with Crippen LogP contribution in [0.4, 0.5) is 0 Å². The molecule has 0 aliphatic carbocycles. The zero-order valence-electron chi connectivity index (χ0n) is 11.0. The van der Waals surface area contributed by atoms with Gasteiger partial charge in [0.2, 0.25) is 0 Å². The van der Waals surface area contributed by atoms with E-state index in [1.54, 1.807) is 34.9 Å². The van der Waals surface area contributed by atoms with Gasteiger partial charge in [0.25, 0.3) is 0 Å². The normalized spacial score (nSPS) is 10.6. The minimum absolute atomic E-state index is 0.684. The largest absolute Gasteiger partial charge is 0.493 e. The zero-order chi connectivity index (χ0) is 13.5. The van der Waals surface area contributed by atoms with E-state index in [-0.39, 0.29) is 0 Å². The molecule has 1 aromatic carbocycles. The van der Waals surface area contributed by atoms with E-state index in [0.29, 0.717) is 6.61 Å². The quantitative estimate of drug-likeness (QED) is 0.567. The predicted octanol–water partition coefficient (Wildman–Crippen LogP) is 4.13. The third-order valence-corrected chi connectivity index (χ3v) is 5.26. The first-order valence-corrected chi connectivity index (χ1v) is 8.85. The van der Waals surface area contributed by atoms with E-state index < -0.39 is 0 Å². The SMILES string of the molecule is CCSc1nnc(SCCOc2cccc(C)c2)s1. The molecule has 1 aromatic heterocycles. The van der Waals surface area contributed by atoms with Gasteiger partial charge >= 0.3 is 0 Å². The van der Waals surface area contributed by atoms with Crippen LogP contribution in [-0.2, 0) is 0 Å². The number of hydrogen-bond donors (Lipinski definition) is 0. The van der Waals surface area contributed by atoms with Gasteiger partial charge in [-0.2, -0.15) is 0 Å². The van der Waals surface area contributed by atoms with Gasteiger partial charge in [0.1, 0.15) is 5.75 Å². The van der Waals surface area contributed by atoms with Gasteiger partial charge in [0.05, 0.1) is 6.61 Å². The molecule has 3 nitrogen and oxygen atoms in total. The zero-order valence-corrected chi connectivity index (χ0v) is 13.4. The summed E-state index contributed by atoms with van der Waals surface area (Å²) in [4.78, 5) is 0. The molecule has 0 amide bonds. The van der Waals surface area contributed by atoms with Crippen molar-refractivity contribution < 1.29 is 4.74 Å². The summed E-state index contributed by atoms with van der Waals surface area (Å²) in [5, 5.41) is 8.27. The topological polar surface area (TPSA) is 35.0 Å². The Kier molecular flexibility index (Phi) is 6.00. The van der Waals surface area contributed by atoms with Gasteiger partial charge in [-0.1, -0.05) is 53.9 Å². The van der Waals surface area contributed by atoms with Gasteiger partial charge in [-0.05, 0) is 30.4 Å². The average molecular weight is 312 g/mol. The summed E-state index contributed by atoms with van der Waals surface area (Å²) < 4.78 is 7.76. The highest BCUT2D eigenvalue weighted by atomic mass is 32.2. The molecule has 0 fully saturated rings. The molecule has 0 radical (unpaired) electrons. The molecule has 2 rings (SSSR count). The molecule has 0 saturated carbocycles. The number of ether oxygens (including phenoxy) is 1. The molecule has 0 atom stereocenters. The van der Waals surface area contributed by atoms with Gasteiger partial charge in [-0.3, -0.25) is 0 Å². The number of aryl methyl sites for hydroxylation is 1. The Labute approximate surface area is 126 Å². The van der Waals surface area contributed by atoms with E-state index in [9.17, 15) is 0 Å². The first-order valence-electron chi connectivity index (χ1n) is 6.06. The molecule has 0 saturated heterocycles. The Hall–Kier alpha value is -0.720. The summed E-state index contributed by atoms with van der Waals surface area (Å²) in [5.74, 6) is 2.86. The van der Waals surface area contributed by atoms with Crippen molar-refractivity contribution in [2.24, 2.45) is 0 Å². The lowest BCUT2D eigenvalue weighted by Gasteiger charge is -2.05. The van der Waals surface area contributed by atoms with Crippen LogP contribution in [0.25, 0.3) is 0 Å². The molecule has 2 aromatic rings. The summed E-state index contributed by atoms with van der Waals surface area (Å²) in [6.45, 7) is 4.87. The highest BCUT2D eigenvalue weighted by molar-refractivity contribution is 8.03. The Morgan fingerprint density at radius 1 is 1.21 bits per heavy atom. The van der Waals surface area contributed by atoms with Crippen LogP contribution in [0.2, 0.25) is 0 Å². The maximum atomic E-state index is 5.69. The van der Waals surface area contributed by atoms with E-state index in [2.05, 4.69) is 30.1 Å². The second kappa shape index (κ2) is 7.77. The second-order valence-electron chi connectivity index (χ2n) is 3.78. The van der Waals surface area contributed by atoms with Crippen molar-refractivity contribution in [3.8, 4) is 5.75 Å². The Morgan fingerprint density at radius 2 is 2.00 bits per heavy atom. The number of hydrogen-bond acceptors (Lipinski definition) is 6. The predicted molar refractivity (Wildman–Crippen MR) is 83.7 cm³/mol. The Morgan fingerprint density at radius 3 is 2.74 bits per heavy atom. The summed E-state index contributed by atoms with van der Waals surface area (Å²) in [6, 6.07) is 8.11. The van der Waals surface area contributed by atoms with Crippen LogP contribution in [-0.4, -0.2) is 28.3 Å². The highest BCUT2D eigenvalue weighted by Crippen LogP contribution is 2.28. The van der Waals surface area contributed by atoms with Crippen LogP contribution >= 0.6 is 34.9 Å². The molecular weight excluding hydrogens is 296 g/mol. The van der Waals surface area contributed by atoms with Crippen LogP contribution < -0.4 is 4.74 Å². The lowest BCUT2D eigenvalue weighted by Crippen LogP contribution is -1.99. The molecule has 0 aliphatic heterocycles. The first-order chi connectivity index (χ1) is 9.28. The van der Waals surface area contributed by atoms with Crippen molar-refractivity contribution >= 4 is 34.9 Å². The van der Waals surface area contributed by atoms with Crippen LogP contribution in [0.1, 0.15) is 12.5 Å². The molecule has 19 heavy (non-hydrogen) atoms. The standard InChI is InChI=1S/C13H16N2OS3/c1-3-17-12-14-15-13(19-12)18-8-7-16-11-6-4-5-10(2)9-11/h4-6,9H,3,7-8H2,1-2H3. The fourth-order valence-corrected chi connectivity index (χ4v) is 4.24. The van der Waals surface area contributed by atoms with Gasteiger partial charge < -0.3 is 4.74 Å². The number of nitrogens with zero attached hydrogens (tertiary/aromatic N) is 2. The molecule has 0 aliphatic rings.